The summed E-state index contributed by atoms with van der Waals surface area (Å²) >= 11 is 0. The van der Waals surface area contributed by atoms with Crippen molar-refractivity contribution in [3.63, 3.8) is 0 Å². The van der Waals surface area contributed by atoms with Crippen LogP contribution >= 0.6 is 0 Å². The molecule has 128 valence electrons. The Bertz CT molecular complexity index is 762. The topological polar surface area (TPSA) is 75.7 Å². The number of imide groups is 1. The van der Waals surface area contributed by atoms with Crippen LogP contribution in [0.4, 0.5) is 4.79 Å². The predicted molar refractivity (Wildman–Crippen MR) is 90.2 cm³/mol. The Morgan fingerprint density at radius 3 is 2.24 bits per heavy atom. The lowest BCUT2D eigenvalue weighted by molar-refractivity contribution is -0.139. The van der Waals surface area contributed by atoms with Gasteiger partial charge < -0.3 is 10.1 Å². The molecule has 0 aliphatic carbocycles. The number of hydrogen-bond acceptors (Lipinski definition) is 4. The zero-order valence-electron chi connectivity index (χ0n) is 13.6. The van der Waals surface area contributed by atoms with Crippen LogP contribution in [-0.4, -0.2) is 28.8 Å². The van der Waals surface area contributed by atoms with Gasteiger partial charge in [0.1, 0.15) is 12.6 Å². The van der Waals surface area contributed by atoms with E-state index in [0.29, 0.717) is 0 Å². The number of nitrogens with zero attached hydrogens (tertiary/aromatic N) is 1. The lowest BCUT2D eigenvalue weighted by atomic mass is 10.2. The molecule has 0 radical (unpaired) electrons. The molecule has 1 atom stereocenters. The summed E-state index contributed by atoms with van der Waals surface area (Å²) in [4.78, 5) is 37.5. The molecule has 6 nitrogen and oxygen atoms in total. The van der Waals surface area contributed by atoms with Crippen LogP contribution in [0.15, 0.2) is 60.7 Å². The van der Waals surface area contributed by atoms with Crippen molar-refractivity contribution in [3.8, 4) is 0 Å². The first-order valence-electron chi connectivity index (χ1n) is 7.99. The van der Waals surface area contributed by atoms with Gasteiger partial charge in [-0.1, -0.05) is 60.7 Å². The second-order valence-electron chi connectivity index (χ2n) is 5.77. The van der Waals surface area contributed by atoms with Gasteiger partial charge in [-0.05, 0) is 11.1 Å². The van der Waals surface area contributed by atoms with Crippen LogP contribution in [0.2, 0.25) is 0 Å². The molecule has 2 aromatic rings. The van der Waals surface area contributed by atoms with Crippen LogP contribution in [0.1, 0.15) is 17.5 Å². The number of rotatable bonds is 5. The van der Waals surface area contributed by atoms with Crippen molar-refractivity contribution in [1.82, 2.24) is 10.2 Å². The van der Waals surface area contributed by atoms with Gasteiger partial charge in [0.2, 0.25) is 5.91 Å². The zero-order valence-corrected chi connectivity index (χ0v) is 13.6. The van der Waals surface area contributed by atoms with Crippen molar-refractivity contribution < 1.29 is 19.1 Å². The third-order valence-corrected chi connectivity index (χ3v) is 3.93. The number of likely N-dealkylation sites (tertiary alicyclic amines) is 1. The van der Waals surface area contributed by atoms with Gasteiger partial charge in [-0.15, -0.1) is 0 Å². The molecule has 1 N–H and O–H groups in total. The molecule has 1 aliphatic heterocycles. The van der Waals surface area contributed by atoms with E-state index in [-0.39, 0.29) is 25.5 Å². The summed E-state index contributed by atoms with van der Waals surface area (Å²) in [5.41, 5.74) is 1.70. The molecule has 0 unspecified atom stereocenters. The third-order valence-electron chi connectivity index (χ3n) is 3.93. The van der Waals surface area contributed by atoms with Gasteiger partial charge >= 0.3 is 6.09 Å². The summed E-state index contributed by atoms with van der Waals surface area (Å²) in [6, 6.07) is 17.6. The summed E-state index contributed by atoms with van der Waals surface area (Å²) in [6.07, 6.45) is -0.761. The minimum Gasteiger partial charge on any atom is -0.445 e. The summed E-state index contributed by atoms with van der Waals surface area (Å²) in [5, 5.41) is 2.47. The lowest BCUT2D eigenvalue weighted by Crippen LogP contribution is -2.41. The van der Waals surface area contributed by atoms with Crippen molar-refractivity contribution >= 4 is 17.9 Å². The predicted octanol–water partition coefficient (Wildman–Crippen LogP) is 2.24. The van der Waals surface area contributed by atoms with Gasteiger partial charge in [0.05, 0.1) is 13.0 Å². The SMILES string of the molecule is O=C(N[C@H]1CC(=O)N(Cc2ccccc2)C1=O)OCc1ccccc1. The number of hydrogen-bond donors (Lipinski definition) is 1. The number of carbonyl (C=O) groups is 3. The first kappa shape index (κ1) is 16.7. The lowest BCUT2D eigenvalue weighted by Gasteiger charge is -2.15. The van der Waals surface area contributed by atoms with E-state index in [9.17, 15) is 14.4 Å². The van der Waals surface area contributed by atoms with E-state index in [2.05, 4.69) is 5.32 Å². The monoisotopic (exact) mass is 338 g/mol. The van der Waals surface area contributed by atoms with Gasteiger partial charge in [0.15, 0.2) is 0 Å². The standard InChI is InChI=1S/C19H18N2O4/c22-17-11-16(18(23)21(17)12-14-7-3-1-4-8-14)20-19(24)25-13-15-9-5-2-6-10-15/h1-10,16H,11-13H2,(H,20,24)/t16-/m0/s1. The summed E-state index contributed by atoms with van der Waals surface area (Å²) < 4.78 is 5.10. The number of carbonyl (C=O) groups excluding carboxylic acids is 3. The molecule has 3 rings (SSSR count). The zero-order chi connectivity index (χ0) is 17.6. The number of nitrogens with one attached hydrogen (secondary N) is 1. The second kappa shape index (κ2) is 7.61. The number of ether oxygens (including phenoxy) is 1. The molecular weight excluding hydrogens is 320 g/mol. The third kappa shape index (κ3) is 4.23. The van der Waals surface area contributed by atoms with Crippen molar-refractivity contribution in [2.24, 2.45) is 0 Å². The molecule has 0 bridgehead atoms. The minimum absolute atomic E-state index is 0.0495. The van der Waals surface area contributed by atoms with Crippen molar-refractivity contribution in [1.29, 1.82) is 0 Å². The Morgan fingerprint density at radius 1 is 1.00 bits per heavy atom. The Labute approximate surface area is 145 Å². The molecule has 0 saturated carbocycles. The minimum atomic E-state index is -0.875. The summed E-state index contributed by atoms with van der Waals surface area (Å²) in [5.74, 6) is -0.715. The molecule has 0 spiro atoms. The molecule has 25 heavy (non-hydrogen) atoms. The van der Waals surface area contributed by atoms with E-state index in [1.807, 2.05) is 60.7 Å². The van der Waals surface area contributed by atoms with Crippen molar-refractivity contribution in [3.05, 3.63) is 71.8 Å². The van der Waals surface area contributed by atoms with E-state index in [1.165, 1.54) is 0 Å². The molecule has 6 heteroatoms. The highest BCUT2D eigenvalue weighted by molar-refractivity contribution is 6.06. The van der Waals surface area contributed by atoms with E-state index >= 15 is 0 Å². The largest absolute Gasteiger partial charge is 0.445 e. The highest BCUT2D eigenvalue weighted by atomic mass is 16.5. The molecule has 3 amide bonds. The van der Waals surface area contributed by atoms with Gasteiger partial charge in [-0.2, -0.15) is 0 Å². The average Bonchev–Trinajstić information content (AvgIpc) is 2.89. The van der Waals surface area contributed by atoms with Crippen LogP contribution in [0.3, 0.4) is 0 Å². The van der Waals surface area contributed by atoms with Crippen LogP contribution < -0.4 is 5.32 Å². The van der Waals surface area contributed by atoms with Gasteiger partial charge in [0, 0.05) is 0 Å². The maximum Gasteiger partial charge on any atom is 0.408 e. The van der Waals surface area contributed by atoms with Gasteiger partial charge in [-0.3, -0.25) is 14.5 Å². The Kier molecular flexibility index (Phi) is 5.09. The normalized spacial score (nSPS) is 16.8. The Hall–Kier alpha value is -3.15. The molecule has 1 heterocycles. The molecular formula is C19H18N2O4. The van der Waals surface area contributed by atoms with Crippen LogP contribution in [0.5, 0.6) is 0 Å². The Balaban J connectivity index is 1.54. The molecule has 0 aromatic heterocycles. The summed E-state index contributed by atoms with van der Waals surface area (Å²) in [6.45, 7) is 0.311. The van der Waals surface area contributed by atoms with E-state index in [1.54, 1.807) is 0 Å². The van der Waals surface area contributed by atoms with E-state index < -0.39 is 18.0 Å². The maximum absolute atomic E-state index is 12.4. The fraction of sp³-hybridized carbons (Fsp3) is 0.211. The fourth-order valence-electron chi connectivity index (χ4n) is 2.64. The van der Waals surface area contributed by atoms with E-state index in [4.69, 9.17) is 4.74 Å². The first-order valence-corrected chi connectivity index (χ1v) is 7.99. The van der Waals surface area contributed by atoms with Crippen LogP contribution in [0.25, 0.3) is 0 Å². The van der Waals surface area contributed by atoms with Gasteiger partial charge in [-0.25, -0.2) is 4.79 Å². The smallest absolute Gasteiger partial charge is 0.408 e. The van der Waals surface area contributed by atoms with Crippen LogP contribution in [0, 0.1) is 0 Å². The van der Waals surface area contributed by atoms with E-state index in [0.717, 1.165) is 16.0 Å². The first-order chi connectivity index (χ1) is 12.1. The van der Waals surface area contributed by atoms with Crippen LogP contribution in [-0.2, 0) is 27.5 Å². The van der Waals surface area contributed by atoms with Crippen molar-refractivity contribution in [2.75, 3.05) is 0 Å². The number of alkyl carbamates (subject to hydrolysis) is 1. The highest BCUT2D eigenvalue weighted by Crippen LogP contribution is 2.17. The number of benzene rings is 2. The molecule has 2 aromatic carbocycles. The Morgan fingerprint density at radius 2 is 1.60 bits per heavy atom. The molecule has 1 saturated heterocycles. The molecule has 1 aliphatic rings. The molecule has 1 fully saturated rings. The second-order valence-corrected chi connectivity index (χ2v) is 5.77. The fourth-order valence-corrected chi connectivity index (χ4v) is 2.64. The average molecular weight is 338 g/mol. The quantitative estimate of drug-likeness (QED) is 0.849. The van der Waals surface area contributed by atoms with Gasteiger partial charge in [0.25, 0.3) is 5.91 Å². The summed E-state index contributed by atoms with van der Waals surface area (Å²) in [7, 11) is 0. The number of amides is 3. The van der Waals surface area contributed by atoms with Crippen molar-refractivity contribution in [2.45, 2.75) is 25.6 Å². The highest BCUT2D eigenvalue weighted by Gasteiger charge is 2.39. The maximum atomic E-state index is 12.4.